The molecule has 0 radical (unpaired) electrons. The molecular formula is C12H17NO4S2. The minimum absolute atomic E-state index is 0.211. The second-order valence-electron chi connectivity index (χ2n) is 4.03. The average Bonchev–Trinajstić information content (AvgIpc) is 2.34. The van der Waals surface area contributed by atoms with Crippen LogP contribution < -0.4 is 4.72 Å². The topological polar surface area (TPSA) is 83.5 Å². The fraction of sp³-hybridized carbons (Fsp3) is 0.417. The molecule has 0 aliphatic carbocycles. The number of aliphatic carboxylic acids is 1. The van der Waals surface area contributed by atoms with Crippen molar-refractivity contribution in [1.29, 1.82) is 0 Å². The molecule has 1 unspecified atom stereocenters. The molecule has 0 aromatic heterocycles. The first-order chi connectivity index (χ1) is 8.94. The number of carbonyl (C=O) groups is 1. The highest BCUT2D eigenvalue weighted by Crippen LogP contribution is 2.07. The van der Waals surface area contributed by atoms with E-state index in [1.165, 1.54) is 11.8 Å². The number of carboxylic acids is 1. The lowest BCUT2D eigenvalue weighted by Crippen LogP contribution is -2.41. The molecule has 0 saturated carbocycles. The summed E-state index contributed by atoms with van der Waals surface area (Å²) in [6, 6.07) is 7.59. The van der Waals surface area contributed by atoms with Gasteiger partial charge >= 0.3 is 5.97 Å². The van der Waals surface area contributed by atoms with Crippen LogP contribution in [0.25, 0.3) is 0 Å². The van der Waals surface area contributed by atoms with Gasteiger partial charge in [0.1, 0.15) is 6.04 Å². The average molecular weight is 303 g/mol. The largest absolute Gasteiger partial charge is 0.480 e. The molecule has 0 spiro atoms. The first-order valence-corrected chi connectivity index (χ1v) is 8.75. The van der Waals surface area contributed by atoms with E-state index in [2.05, 4.69) is 4.72 Å². The highest BCUT2D eigenvalue weighted by Gasteiger charge is 2.23. The van der Waals surface area contributed by atoms with Gasteiger partial charge in [0.15, 0.2) is 0 Å². The van der Waals surface area contributed by atoms with Gasteiger partial charge in [-0.25, -0.2) is 13.1 Å². The molecular weight excluding hydrogens is 286 g/mol. The highest BCUT2D eigenvalue weighted by atomic mass is 32.2. The Morgan fingerprint density at radius 3 is 2.53 bits per heavy atom. The van der Waals surface area contributed by atoms with E-state index in [9.17, 15) is 13.2 Å². The van der Waals surface area contributed by atoms with Crippen molar-refractivity contribution in [3.8, 4) is 0 Å². The summed E-state index contributed by atoms with van der Waals surface area (Å²) in [6.07, 6.45) is 2.11. The molecule has 0 aliphatic rings. The van der Waals surface area contributed by atoms with Gasteiger partial charge in [0.05, 0.1) is 5.75 Å². The van der Waals surface area contributed by atoms with Crippen LogP contribution in [0.5, 0.6) is 0 Å². The maximum Gasteiger partial charge on any atom is 0.321 e. The zero-order chi connectivity index (χ0) is 14.3. The van der Waals surface area contributed by atoms with E-state index in [1.807, 2.05) is 6.26 Å². The molecule has 1 aromatic carbocycles. The molecule has 1 aromatic rings. The molecule has 1 atom stereocenters. The Morgan fingerprint density at radius 1 is 1.37 bits per heavy atom. The Balaban J connectivity index is 2.69. The van der Waals surface area contributed by atoms with Gasteiger partial charge in [0.25, 0.3) is 0 Å². The maximum atomic E-state index is 11.9. The van der Waals surface area contributed by atoms with Crippen LogP contribution in [0.1, 0.15) is 12.0 Å². The highest BCUT2D eigenvalue weighted by molar-refractivity contribution is 7.98. The number of thioether (sulfide) groups is 1. The van der Waals surface area contributed by atoms with Crippen molar-refractivity contribution in [2.45, 2.75) is 18.2 Å². The lowest BCUT2D eigenvalue weighted by Gasteiger charge is -2.14. The van der Waals surface area contributed by atoms with Gasteiger partial charge in [-0.05, 0) is 24.0 Å². The van der Waals surface area contributed by atoms with Crippen molar-refractivity contribution in [1.82, 2.24) is 4.72 Å². The van der Waals surface area contributed by atoms with Crippen molar-refractivity contribution < 1.29 is 18.3 Å². The predicted molar refractivity (Wildman–Crippen MR) is 76.6 cm³/mol. The number of carboxylic acid groups (broad SMARTS) is 1. The molecule has 0 amide bonds. The number of hydrogen-bond acceptors (Lipinski definition) is 4. The molecule has 1 rings (SSSR count). The third kappa shape index (κ3) is 6.09. The van der Waals surface area contributed by atoms with Crippen molar-refractivity contribution in [2.24, 2.45) is 0 Å². The van der Waals surface area contributed by atoms with Crippen LogP contribution in [0.15, 0.2) is 30.3 Å². The first-order valence-electron chi connectivity index (χ1n) is 5.70. The summed E-state index contributed by atoms with van der Waals surface area (Å²) in [4.78, 5) is 11.0. The fourth-order valence-corrected chi connectivity index (χ4v) is 3.36. The SMILES string of the molecule is CSCCC(NS(=O)(=O)Cc1ccccc1)C(=O)O. The van der Waals surface area contributed by atoms with Gasteiger partial charge in [0, 0.05) is 0 Å². The summed E-state index contributed by atoms with van der Waals surface area (Å²) in [5, 5.41) is 8.99. The fourth-order valence-electron chi connectivity index (χ4n) is 1.52. The van der Waals surface area contributed by atoms with E-state index >= 15 is 0 Å². The molecule has 19 heavy (non-hydrogen) atoms. The molecule has 5 nitrogen and oxygen atoms in total. The monoisotopic (exact) mass is 303 g/mol. The molecule has 0 aliphatic heterocycles. The quantitative estimate of drug-likeness (QED) is 0.756. The van der Waals surface area contributed by atoms with Gasteiger partial charge in [-0.3, -0.25) is 4.79 Å². The van der Waals surface area contributed by atoms with E-state index in [-0.39, 0.29) is 12.2 Å². The summed E-state index contributed by atoms with van der Waals surface area (Å²) in [7, 11) is -3.65. The molecule has 7 heteroatoms. The van der Waals surface area contributed by atoms with E-state index in [0.29, 0.717) is 11.3 Å². The standard InChI is InChI=1S/C12H17NO4S2/c1-18-8-7-11(12(14)15)13-19(16,17)9-10-5-3-2-4-6-10/h2-6,11,13H,7-9H2,1H3,(H,14,15). The molecule has 0 bridgehead atoms. The third-order valence-corrected chi connectivity index (χ3v) is 4.43. The van der Waals surface area contributed by atoms with Crippen LogP contribution in [0.3, 0.4) is 0 Å². The van der Waals surface area contributed by atoms with E-state index in [0.717, 1.165) is 0 Å². The van der Waals surface area contributed by atoms with Gasteiger partial charge in [-0.1, -0.05) is 30.3 Å². The summed E-state index contributed by atoms with van der Waals surface area (Å²) in [5.74, 6) is -0.771. The van der Waals surface area contributed by atoms with Crippen LogP contribution in [-0.4, -0.2) is 37.5 Å². The predicted octanol–water partition coefficient (Wildman–Crippen LogP) is 1.31. The minimum atomic E-state index is -3.65. The van der Waals surface area contributed by atoms with Gasteiger partial charge in [0.2, 0.25) is 10.0 Å². The number of nitrogens with one attached hydrogen (secondary N) is 1. The van der Waals surface area contributed by atoms with Crippen LogP contribution in [0.4, 0.5) is 0 Å². The normalized spacial score (nSPS) is 13.1. The van der Waals surface area contributed by atoms with Crippen molar-refractivity contribution in [2.75, 3.05) is 12.0 Å². The Hall–Kier alpha value is -1.05. The number of rotatable bonds is 8. The Kier molecular flexibility index (Phi) is 6.33. The third-order valence-electron chi connectivity index (χ3n) is 2.43. The molecule has 0 fully saturated rings. The van der Waals surface area contributed by atoms with Crippen LogP contribution in [-0.2, 0) is 20.6 Å². The van der Waals surface area contributed by atoms with E-state index in [1.54, 1.807) is 30.3 Å². The van der Waals surface area contributed by atoms with Crippen LogP contribution in [0, 0.1) is 0 Å². The molecule has 0 saturated heterocycles. The molecule has 0 heterocycles. The Morgan fingerprint density at radius 2 is 2.00 bits per heavy atom. The lowest BCUT2D eigenvalue weighted by molar-refractivity contribution is -0.139. The minimum Gasteiger partial charge on any atom is -0.480 e. The van der Waals surface area contributed by atoms with Crippen molar-refractivity contribution >= 4 is 27.8 Å². The Labute approximate surface area is 117 Å². The van der Waals surface area contributed by atoms with E-state index < -0.39 is 22.0 Å². The smallest absolute Gasteiger partial charge is 0.321 e. The van der Waals surface area contributed by atoms with Crippen molar-refractivity contribution in [3.05, 3.63) is 35.9 Å². The van der Waals surface area contributed by atoms with Crippen molar-refractivity contribution in [3.63, 3.8) is 0 Å². The van der Waals surface area contributed by atoms with Gasteiger partial charge < -0.3 is 5.11 Å². The number of benzene rings is 1. The van der Waals surface area contributed by atoms with E-state index in [4.69, 9.17) is 5.11 Å². The Bertz CT molecular complexity index is 502. The first kappa shape index (κ1) is 16.0. The van der Waals surface area contributed by atoms with Gasteiger partial charge in [-0.2, -0.15) is 11.8 Å². The van der Waals surface area contributed by atoms with Crippen LogP contribution >= 0.6 is 11.8 Å². The summed E-state index contributed by atoms with van der Waals surface area (Å²) >= 11 is 1.48. The second-order valence-corrected chi connectivity index (χ2v) is 6.77. The number of sulfonamides is 1. The van der Waals surface area contributed by atoms with Crippen LogP contribution in [0.2, 0.25) is 0 Å². The second kappa shape index (κ2) is 7.52. The molecule has 2 N–H and O–H groups in total. The number of hydrogen-bond donors (Lipinski definition) is 2. The summed E-state index contributed by atoms with van der Waals surface area (Å²) < 4.78 is 26.0. The summed E-state index contributed by atoms with van der Waals surface area (Å²) in [6.45, 7) is 0. The zero-order valence-electron chi connectivity index (χ0n) is 10.6. The maximum absolute atomic E-state index is 11.9. The zero-order valence-corrected chi connectivity index (χ0v) is 12.2. The summed E-state index contributed by atoms with van der Waals surface area (Å²) in [5.41, 5.74) is 0.629. The lowest BCUT2D eigenvalue weighted by atomic mass is 10.2. The molecule has 106 valence electrons. The van der Waals surface area contributed by atoms with Gasteiger partial charge in [-0.15, -0.1) is 0 Å².